The first kappa shape index (κ1) is 10.7. The second kappa shape index (κ2) is 3.96. The second-order valence-corrected chi connectivity index (χ2v) is 3.71. The van der Waals surface area contributed by atoms with Gasteiger partial charge in [0, 0.05) is 5.56 Å². The Balaban J connectivity index is 2.27. The summed E-state index contributed by atoms with van der Waals surface area (Å²) in [6, 6.07) is 4.52. The minimum Gasteiger partial charge on any atom is -0.508 e. The fourth-order valence-corrected chi connectivity index (χ4v) is 1.92. The van der Waals surface area contributed by atoms with E-state index in [1.165, 1.54) is 12.1 Å². The van der Waals surface area contributed by atoms with E-state index in [-0.39, 0.29) is 18.1 Å². The minimum atomic E-state index is -0.739. The van der Waals surface area contributed by atoms with Crippen molar-refractivity contribution in [3.63, 3.8) is 0 Å². The lowest BCUT2D eigenvalue weighted by Crippen LogP contribution is -2.23. The Bertz CT molecular complexity index is 450. The maximum absolute atomic E-state index is 11.8. The Kier molecular flexibility index (Phi) is 2.64. The molecular formula is C12H12O4. The largest absolute Gasteiger partial charge is 0.508 e. The molecule has 1 N–H and O–H groups in total. The maximum Gasteiger partial charge on any atom is 0.317 e. The van der Waals surface area contributed by atoms with Crippen LogP contribution in [-0.4, -0.2) is 23.5 Å². The third kappa shape index (κ3) is 1.66. The number of fused-ring (bicyclic) bond motifs is 1. The number of phenolic OH excluding ortho intramolecular Hbond substituents is 1. The third-order valence-electron chi connectivity index (χ3n) is 2.67. The molecule has 4 nitrogen and oxygen atoms in total. The van der Waals surface area contributed by atoms with Gasteiger partial charge in [0.15, 0.2) is 5.78 Å². The summed E-state index contributed by atoms with van der Waals surface area (Å²) in [7, 11) is 0. The van der Waals surface area contributed by atoms with Gasteiger partial charge >= 0.3 is 5.97 Å². The topological polar surface area (TPSA) is 63.6 Å². The molecular weight excluding hydrogens is 208 g/mol. The van der Waals surface area contributed by atoms with Crippen molar-refractivity contribution in [2.24, 2.45) is 5.92 Å². The highest BCUT2D eigenvalue weighted by molar-refractivity contribution is 6.12. The first-order valence-corrected chi connectivity index (χ1v) is 5.16. The summed E-state index contributed by atoms with van der Waals surface area (Å²) in [4.78, 5) is 23.3. The molecule has 2 rings (SSSR count). The van der Waals surface area contributed by atoms with Gasteiger partial charge in [0.25, 0.3) is 0 Å². The normalized spacial score (nSPS) is 18.3. The number of carbonyl (C=O) groups is 2. The Morgan fingerprint density at radius 2 is 2.31 bits per heavy atom. The Morgan fingerprint density at radius 3 is 3.00 bits per heavy atom. The quantitative estimate of drug-likeness (QED) is 0.603. The highest BCUT2D eigenvalue weighted by Gasteiger charge is 2.36. The first-order chi connectivity index (χ1) is 7.63. The standard InChI is InChI=1S/C12H12O4/c1-2-16-12(15)10-6-7-5-8(13)3-4-9(7)11(10)14/h3-5,10,13H,2,6H2,1H3. The van der Waals surface area contributed by atoms with Crippen molar-refractivity contribution >= 4 is 11.8 Å². The summed E-state index contributed by atoms with van der Waals surface area (Å²) in [5.41, 5.74) is 1.22. The zero-order chi connectivity index (χ0) is 11.7. The number of Topliss-reactive ketones (excluding diaryl/α,β-unsaturated/α-hetero) is 1. The van der Waals surface area contributed by atoms with Gasteiger partial charge in [-0.05, 0) is 37.1 Å². The minimum absolute atomic E-state index is 0.107. The molecule has 1 unspecified atom stereocenters. The molecule has 0 bridgehead atoms. The smallest absolute Gasteiger partial charge is 0.317 e. The number of rotatable bonds is 2. The molecule has 1 aromatic carbocycles. The maximum atomic E-state index is 11.8. The lowest BCUT2D eigenvalue weighted by molar-refractivity contribution is -0.145. The molecule has 0 fully saturated rings. The van der Waals surface area contributed by atoms with Gasteiger partial charge < -0.3 is 9.84 Å². The molecule has 0 heterocycles. The van der Waals surface area contributed by atoms with E-state index in [1.807, 2.05) is 0 Å². The molecule has 0 amide bonds. The van der Waals surface area contributed by atoms with Crippen molar-refractivity contribution in [3.8, 4) is 5.75 Å². The summed E-state index contributed by atoms with van der Waals surface area (Å²) in [6.07, 6.45) is 0.321. The lowest BCUT2D eigenvalue weighted by atomic mass is 10.1. The van der Waals surface area contributed by atoms with Crippen molar-refractivity contribution in [1.29, 1.82) is 0 Å². The van der Waals surface area contributed by atoms with Crippen LogP contribution in [0.25, 0.3) is 0 Å². The molecule has 0 saturated carbocycles. The van der Waals surface area contributed by atoms with Crippen molar-refractivity contribution in [2.75, 3.05) is 6.61 Å². The zero-order valence-electron chi connectivity index (χ0n) is 8.90. The molecule has 0 spiro atoms. The molecule has 16 heavy (non-hydrogen) atoms. The van der Waals surface area contributed by atoms with Gasteiger partial charge in [-0.3, -0.25) is 9.59 Å². The van der Waals surface area contributed by atoms with Crippen molar-refractivity contribution in [3.05, 3.63) is 29.3 Å². The van der Waals surface area contributed by atoms with Gasteiger partial charge in [-0.2, -0.15) is 0 Å². The van der Waals surface area contributed by atoms with Crippen LogP contribution in [0.4, 0.5) is 0 Å². The summed E-state index contributed by atoms with van der Waals surface area (Å²) >= 11 is 0. The van der Waals surface area contributed by atoms with E-state index in [1.54, 1.807) is 13.0 Å². The average molecular weight is 220 g/mol. The van der Waals surface area contributed by atoms with Crippen molar-refractivity contribution in [1.82, 2.24) is 0 Å². The van der Waals surface area contributed by atoms with Crippen LogP contribution in [0.2, 0.25) is 0 Å². The van der Waals surface area contributed by atoms with Crippen molar-refractivity contribution in [2.45, 2.75) is 13.3 Å². The number of benzene rings is 1. The van der Waals surface area contributed by atoms with E-state index in [0.29, 0.717) is 17.5 Å². The van der Waals surface area contributed by atoms with Gasteiger partial charge in [-0.1, -0.05) is 0 Å². The summed E-state index contributed by atoms with van der Waals surface area (Å²) in [6.45, 7) is 1.97. The number of carbonyl (C=O) groups excluding carboxylic acids is 2. The van der Waals surface area contributed by atoms with Crippen LogP contribution in [0, 0.1) is 5.92 Å². The van der Waals surface area contributed by atoms with E-state index in [9.17, 15) is 14.7 Å². The van der Waals surface area contributed by atoms with Gasteiger partial charge in [0.1, 0.15) is 11.7 Å². The van der Waals surface area contributed by atoms with Crippen LogP contribution < -0.4 is 0 Å². The summed E-state index contributed by atoms with van der Waals surface area (Å²) in [5.74, 6) is -1.33. The van der Waals surface area contributed by atoms with E-state index in [0.717, 1.165) is 0 Å². The van der Waals surface area contributed by atoms with Gasteiger partial charge in [-0.25, -0.2) is 0 Å². The highest BCUT2D eigenvalue weighted by atomic mass is 16.5. The van der Waals surface area contributed by atoms with Crippen LogP contribution in [-0.2, 0) is 16.0 Å². The first-order valence-electron chi connectivity index (χ1n) is 5.16. The molecule has 4 heteroatoms. The zero-order valence-corrected chi connectivity index (χ0v) is 8.90. The van der Waals surface area contributed by atoms with Crippen LogP contribution in [0.5, 0.6) is 5.75 Å². The van der Waals surface area contributed by atoms with Crippen LogP contribution >= 0.6 is 0 Å². The van der Waals surface area contributed by atoms with E-state index >= 15 is 0 Å². The number of aromatic hydroxyl groups is 1. The number of ether oxygens (including phenoxy) is 1. The molecule has 84 valence electrons. The van der Waals surface area contributed by atoms with Crippen LogP contribution in [0.15, 0.2) is 18.2 Å². The number of hydrogen-bond donors (Lipinski definition) is 1. The van der Waals surface area contributed by atoms with E-state index < -0.39 is 11.9 Å². The Hall–Kier alpha value is -1.84. The molecule has 1 aromatic rings. The van der Waals surface area contributed by atoms with Gasteiger partial charge in [-0.15, -0.1) is 0 Å². The fourth-order valence-electron chi connectivity index (χ4n) is 1.92. The number of phenols is 1. The number of hydrogen-bond acceptors (Lipinski definition) is 4. The number of ketones is 1. The molecule has 0 aromatic heterocycles. The van der Waals surface area contributed by atoms with E-state index in [4.69, 9.17) is 4.74 Å². The predicted octanol–water partition coefficient (Wildman–Crippen LogP) is 1.31. The molecule has 0 saturated heterocycles. The molecule has 1 aliphatic carbocycles. The molecule has 0 aliphatic heterocycles. The second-order valence-electron chi connectivity index (χ2n) is 3.71. The van der Waals surface area contributed by atoms with Gasteiger partial charge in [0.2, 0.25) is 0 Å². The Labute approximate surface area is 92.8 Å². The average Bonchev–Trinajstić information content (AvgIpc) is 2.56. The Morgan fingerprint density at radius 1 is 1.56 bits per heavy atom. The SMILES string of the molecule is CCOC(=O)C1Cc2cc(O)ccc2C1=O. The summed E-state index contributed by atoms with van der Waals surface area (Å²) < 4.78 is 4.84. The van der Waals surface area contributed by atoms with Gasteiger partial charge in [0.05, 0.1) is 6.61 Å². The summed E-state index contributed by atoms with van der Waals surface area (Å²) in [5, 5.41) is 9.28. The van der Waals surface area contributed by atoms with Crippen LogP contribution in [0.1, 0.15) is 22.8 Å². The molecule has 1 atom stereocenters. The van der Waals surface area contributed by atoms with E-state index in [2.05, 4.69) is 0 Å². The predicted molar refractivity (Wildman–Crippen MR) is 56.3 cm³/mol. The lowest BCUT2D eigenvalue weighted by Gasteiger charge is -2.05. The fraction of sp³-hybridized carbons (Fsp3) is 0.333. The monoisotopic (exact) mass is 220 g/mol. The highest BCUT2D eigenvalue weighted by Crippen LogP contribution is 2.30. The third-order valence-corrected chi connectivity index (χ3v) is 2.67. The van der Waals surface area contributed by atoms with Crippen LogP contribution in [0.3, 0.4) is 0 Å². The van der Waals surface area contributed by atoms with Crippen molar-refractivity contribution < 1.29 is 19.4 Å². The molecule has 0 radical (unpaired) electrons. The molecule has 1 aliphatic rings. The number of esters is 1.